The average molecular weight is 303 g/mol. The third-order valence-electron chi connectivity index (χ3n) is 4.34. The van der Waals surface area contributed by atoms with Crippen molar-refractivity contribution in [1.82, 2.24) is 0 Å². The largest absolute Gasteiger partial charge is 0.262 e. The first kappa shape index (κ1) is 15.4. The van der Waals surface area contributed by atoms with Crippen LogP contribution in [0, 0.1) is 6.92 Å². The Morgan fingerprint density at radius 2 is 2.00 bits per heavy atom. The molecule has 0 spiro atoms. The van der Waals surface area contributed by atoms with Crippen LogP contribution in [0.2, 0.25) is 0 Å². The lowest BCUT2D eigenvalue weighted by Gasteiger charge is -2.11. The van der Waals surface area contributed by atoms with Crippen molar-refractivity contribution in [1.29, 1.82) is 0 Å². The Morgan fingerprint density at radius 1 is 1.22 bits per heavy atom. The van der Waals surface area contributed by atoms with Crippen LogP contribution in [0.15, 0.2) is 59.9 Å². The van der Waals surface area contributed by atoms with Crippen molar-refractivity contribution < 1.29 is 4.57 Å². The van der Waals surface area contributed by atoms with Gasteiger partial charge in [0.25, 0.3) is 0 Å². The molecule has 1 aromatic heterocycles. The van der Waals surface area contributed by atoms with Crippen LogP contribution in [0.25, 0.3) is 16.8 Å². The number of pyridine rings is 1. The average Bonchev–Trinajstić information content (AvgIpc) is 2.84. The van der Waals surface area contributed by atoms with Crippen LogP contribution in [0.4, 0.5) is 0 Å². The summed E-state index contributed by atoms with van der Waals surface area (Å²) in [6.07, 6.45) is 4.91. The van der Waals surface area contributed by atoms with Gasteiger partial charge >= 0.3 is 0 Å². The summed E-state index contributed by atoms with van der Waals surface area (Å²) in [7, 11) is 2.10. The smallest absolute Gasteiger partial charge is 0.212 e. The molecule has 0 amide bonds. The number of nitrogens with zero attached hydrogens (tertiary/aromatic N) is 2. The van der Waals surface area contributed by atoms with Crippen molar-refractivity contribution in [2.75, 3.05) is 0 Å². The topological polar surface area (TPSA) is 16.2 Å². The van der Waals surface area contributed by atoms with Gasteiger partial charge in [-0.1, -0.05) is 24.8 Å². The van der Waals surface area contributed by atoms with Crippen LogP contribution in [-0.4, -0.2) is 5.71 Å². The van der Waals surface area contributed by atoms with Gasteiger partial charge < -0.3 is 0 Å². The first-order chi connectivity index (χ1) is 11.0. The predicted octanol–water partition coefficient (Wildman–Crippen LogP) is 4.42. The second-order valence-electron chi connectivity index (χ2n) is 6.28. The predicted molar refractivity (Wildman–Crippen MR) is 97.4 cm³/mol. The highest BCUT2D eigenvalue weighted by atomic mass is 14.9. The van der Waals surface area contributed by atoms with E-state index in [-0.39, 0.29) is 0 Å². The quantitative estimate of drug-likeness (QED) is 0.589. The molecule has 2 aromatic rings. The van der Waals surface area contributed by atoms with Crippen molar-refractivity contribution in [3.63, 3.8) is 0 Å². The molecule has 2 heteroatoms. The van der Waals surface area contributed by atoms with E-state index in [1.54, 1.807) is 0 Å². The summed E-state index contributed by atoms with van der Waals surface area (Å²) in [5.41, 5.74) is 9.86. The standard InChI is InChI=1S/C21H23N2/c1-6-16-17-11-10-15(4)21(20-9-7-8-12-23(20)5)18(17)13-19(16)22-14(2)3/h6-12H,1,13H2,2-5H3/q+1. The summed E-state index contributed by atoms with van der Waals surface area (Å²) >= 11 is 0. The highest BCUT2D eigenvalue weighted by Gasteiger charge is 2.26. The van der Waals surface area contributed by atoms with Crippen LogP contribution >= 0.6 is 0 Å². The molecular formula is C21H23N2+. The molecule has 23 heavy (non-hydrogen) atoms. The van der Waals surface area contributed by atoms with E-state index in [0.29, 0.717) is 0 Å². The molecule has 0 radical (unpaired) electrons. The lowest BCUT2D eigenvalue weighted by Crippen LogP contribution is -2.30. The van der Waals surface area contributed by atoms with Crippen LogP contribution in [0.3, 0.4) is 0 Å². The fraction of sp³-hybridized carbons (Fsp3) is 0.238. The van der Waals surface area contributed by atoms with Gasteiger partial charge in [-0.05, 0) is 43.5 Å². The van der Waals surface area contributed by atoms with Gasteiger partial charge in [0, 0.05) is 29.8 Å². The Morgan fingerprint density at radius 3 is 2.65 bits per heavy atom. The lowest BCUT2D eigenvalue weighted by molar-refractivity contribution is -0.660. The van der Waals surface area contributed by atoms with Gasteiger partial charge in [0.05, 0.1) is 11.3 Å². The summed E-state index contributed by atoms with van der Waals surface area (Å²) in [5.74, 6) is 0. The van der Waals surface area contributed by atoms with Gasteiger partial charge in [-0.2, -0.15) is 0 Å². The summed E-state index contributed by atoms with van der Waals surface area (Å²) in [5, 5.41) is 0. The molecule has 0 fully saturated rings. The highest BCUT2D eigenvalue weighted by molar-refractivity contribution is 5.90. The molecule has 0 aliphatic heterocycles. The van der Waals surface area contributed by atoms with E-state index in [1.165, 1.54) is 33.5 Å². The maximum atomic E-state index is 4.75. The van der Waals surface area contributed by atoms with Gasteiger partial charge in [-0.3, -0.25) is 4.99 Å². The van der Waals surface area contributed by atoms with Crippen molar-refractivity contribution >= 4 is 11.3 Å². The van der Waals surface area contributed by atoms with E-state index in [4.69, 9.17) is 4.99 Å². The molecule has 116 valence electrons. The molecule has 0 saturated carbocycles. The monoisotopic (exact) mass is 303 g/mol. The Hall–Kier alpha value is -2.48. The van der Waals surface area contributed by atoms with E-state index in [2.05, 4.69) is 61.6 Å². The van der Waals surface area contributed by atoms with Crippen LogP contribution in [0.1, 0.15) is 30.5 Å². The normalized spacial score (nSPS) is 13.0. The molecule has 0 N–H and O–H groups in total. The van der Waals surface area contributed by atoms with Crippen LogP contribution in [0.5, 0.6) is 0 Å². The van der Waals surface area contributed by atoms with E-state index in [1.807, 2.05) is 19.9 Å². The molecule has 0 saturated heterocycles. The van der Waals surface area contributed by atoms with E-state index >= 15 is 0 Å². The molecule has 0 bridgehead atoms. The molecule has 1 aliphatic carbocycles. The fourth-order valence-corrected chi connectivity index (χ4v) is 3.36. The van der Waals surface area contributed by atoms with Gasteiger partial charge in [0.2, 0.25) is 5.69 Å². The summed E-state index contributed by atoms with van der Waals surface area (Å²) < 4.78 is 2.18. The first-order valence-electron chi connectivity index (χ1n) is 7.98. The number of aliphatic imine (C=N–C) groups is 1. The van der Waals surface area contributed by atoms with Gasteiger partial charge in [-0.25, -0.2) is 4.57 Å². The summed E-state index contributed by atoms with van der Waals surface area (Å²) in [6.45, 7) is 10.3. The number of hydrogen-bond acceptors (Lipinski definition) is 1. The number of hydrogen-bond donors (Lipinski definition) is 0. The fourth-order valence-electron chi connectivity index (χ4n) is 3.36. The third kappa shape index (κ3) is 2.65. The zero-order valence-corrected chi connectivity index (χ0v) is 14.4. The Kier molecular flexibility index (Phi) is 3.99. The molecule has 3 rings (SSSR count). The van der Waals surface area contributed by atoms with Crippen LogP contribution < -0.4 is 4.57 Å². The van der Waals surface area contributed by atoms with Gasteiger partial charge in [0.15, 0.2) is 6.20 Å². The van der Waals surface area contributed by atoms with Gasteiger partial charge in [0.1, 0.15) is 7.05 Å². The minimum absolute atomic E-state index is 0.869. The molecular weight excluding hydrogens is 280 g/mol. The van der Waals surface area contributed by atoms with Crippen molar-refractivity contribution in [2.24, 2.45) is 12.0 Å². The Labute approximate surface area is 138 Å². The molecule has 0 atom stereocenters. The van der Waals surface area contributed by atoms with E-state index in [0.717, 1.165) is 17.8 Å². The second kappa shape index (κ2) is 5.96. The van der Waals surface area contributed by atoms with Crippen molar-refractivity contribution in [3.8, 4) is 11.3 Å². The number of allylic oxidation sites excluding steroid dienone is 3. The van der Waals surface area contributed by atoms with Crippen molar-refractivity contribution in [2.45, 2.75) is 27.2 Å². The van der Waals surface area contributed by atoms with Crippen LogP contribution in [-0.2, 0) is 13.5 Å². The minimum atomic E-state index is 0.869. The minimum Gasteiger partial charge on any atom is -0.262 e. The number of benzene rings is 1. The molecule has 1 aliphatic rings. The van der Waals surface area contributed by atoms with E-state index in [9.17, 15) is 0 Å². The number of aromatic nitrogens is 1. The zero-order valence-electron chi connectivity index (χ0n) is 14.4. The highest BCUT2D eigenvalue weighted by Crippen LogP contribution is 2.40. The van der Waals surface area contributed by atoms with Gasteiger partial charge in [-0.15, -0.1) is 0 Å². The summed E-state index contributed by atoms with van der Waals surface area (Å²) in [6, 6.07) is 10.8. The molecule has 2 nitrogen and oxygen atoms in total. The van der Waals surface area contributed by atoms with E-state index < -0.39 is 0 Å². The van der Waals surface area contributed by atoms with Crippen molar-refractivity contribution in [3.05, 3.63) is 71.6 Å². The second-order valence-corrected chi connectivity index (χ2v) is 6.28. The first-order valence-corrected chi connectivity index (χ1v) is 7.98. The maximum Gasteiger partial charge on any atom is 0.212 e. The Bertz CT molecular complexity index is 850. The maximum absolute atomic E-state index is 4.75. The molecule has 1 heterocycles. The zero-order chi connectivity index (χ0) is 16.6. The summed E-state index contributed by atoms with van der Waals surface area (Å²) in [4.78, 5) is 4.75. The number of aryl methyl sites for hydroxylation is 2. The SMILES string of the molecule is C=CC1=C(N=C(C)C)Cc2c1ccc(C)c2-c1cccc[n+]1C. The molecule has 1 aromatic carbocycles. The molecule has 0 unspecified atom stereocenters. The lowest BCUT2D eigenvalue weighted by atomic mass is 9.93. The third-order valence-corrected chi connectivity index (χ3v) is 4.34. The Balaban J connectivity index is 2.24. The number of rotatable bonds is 3. The number of fused-ring (bicyclic) bond motifs is 1.